The van der Waals surface area contributed by atoms with Gasteiger partial charge in [0, 0.05) is 23.3 Å². The molecule has 2 rings (SSSR count). The molecule has 1 unspecified atom stereocenters. The summed E-state index contributed by atoms with van der Waals surface area (Å²) in [4.78, 5) is 0. The van der Waals surface area contributed by atoms with Gasteiger partial charge in [-0.1, -0.05) is 15.9 Å². The van der Waals surface area contributed by atoms with Crippen molar-refractivity contribution in [3.63, 3.8) is 0 Å². The van der Waals surface area contributed by atoms with Crippen LogP contribution in [0.5, 0.6) is 0 Å². The minimum absolute atomic E-state index is 0.125. The molecule has 1 aromatic carbocycles. The summed E-state index contributed by atoms with van der Waals surface area (Å²) in [5.74, 6) is -0.205. The Bertz CT molecular complexity index is 622. The van der Waals surface area contributed by atoms with E-state index in [1.807, 2.05) is 25.6 Å². The van der Waals surface area contributed by atoms with Crippen molar-refractivity contribution >= 4 is 15.9 Å². The van der Waals surface area contributed by atoms with Crippen LogP contribution in [0.15, 0.2) is 22.7 Å². The summed E-state index contributed by atoms with van der Waals surface area (Å²) in [6.45, 7) is 4.01. The predicted octanol–water partition coefficient (Wildman–Crippen LogP) is 3.05. The highest BCUT2D eigenvalue weighted by molar-refractivity contribution is 9.10. The highest BCUT2D eigenvalue weighted by Crippen LogP contribution is 2.19. The molecule has 0 spiro atoms. The molecule has 0 aliphatic rings. The lowest BCUT2D eigenvalue weighted by molar-refractivity contribution is 0.582. The van der Waals surface area contributed by atoms with E-state index < -0.39 is 0 Å². The number of benzene rings is 1. The fourth-order valence-electron chi connectivity index (χ4n) is 2.43. The maximum Gasteiger partial charge on any atom is 0.126 e. The first-order valence-electron chi connectivity index (χ1n) is 6.57. The molecule has 0 saturated carbocycles. The number of aromatic nitrogens is 2. The first kappa shape index (κ1) is 15.2. The molecule has 108 valence electrons. The molecule has 3 nitrogen and oxygen atoms in total. The van der Waals surface area contributed by atoms with E-state index in [1.54, 1.807) is 12.1 Å². The number of nitrogens with zero attached hydrogens (tertiary/aromatic N) is 2. The number of nitrogens with two attached hydrogens (primary N) is 1. The summed E-state index contributed by atoms with van der Waals surface area (Å²) >= 11 is 3.36. The number of hydrogen-bond donors (Lipinski definition) is 1. The fraction of sp³-hybridized carbons (Fsp3) is 0.400. The van der Waals surface area contributed by atoms with Crippen LogP contribution in [0, 0.1) is 19.7 Å². The van der Waals surface area contributed by atoms with Crippen molar-refractivity contribution in [1.29, 1.82) is 0 Å². The van der Waals surface area contributed by atoms with E-state index in [-0.39, 0.29) is 11.9 Å². The molecule has 0 amide bonds. The molecular weight excluding hydrogens is 321 g/mol. The highest BCUT2D eigenvalue weighted by Gasteiger charge is 2.15. The molecule has 5 heteroatoms. The van der Waals surface area contributed by atoms with Crippen molar-refractivity contribution in [2.24, 2.45) is 12.8 Å². The normalized spacial score (nSPS) is 12.7. The van der Waals surface area contributed by atoms with Gasteiger partial charge in [0.15, 0.2) is 0 Å². The third-order valence-electron chi connectivity index (χ3n) is 3.62. The van der Waals surface area contributed by atoms with E-state index in [0.717, 1.165) is 21.4 Å². The second-order valence-electron chi connectivity index (χ2n) is 5.18. The van der Waals surface area contributed by atoms with Gasteiger partial charge in [0.25, 0.3) is 0 Å². The highest BCUT2D eigenvalue weighted by atomic mass is 79.9. The zero-order valence-corrected chi connectivity index (χ0v) is 13.5. The minimum Gasteiger partial charge on any atom is -0.327 e. The molecule has 1 heterocycles. The van der Waals surface area contributed by atoms with Crippen LogP contribution in [0.25, 0.3) is 0 Å². The Hall–Kier alpha value is -1.20. The molecule has 0 aliphatic carbocycles. The molecule has 2 aromatic rings. The van der Waals surface area contributed by atoms with Crippen LogP contribution in [0.1, 0.15) is 22.5 Å². The van der Waals surface area contributed by atoms with Gasteiger partial charge in [-0.15, -0.1) is 0 Å². The van der Waals surface area contributed by atoms with Gasteiger partial charge in [0.2, 0.25) is 0 Å². The van der Waals surface area contributed by atoms with Gasteiger partial charge >= 0.3 is 0 Å². The molecule has 0 saturated heterocycles. The Morgan fingerprint density at radius 2 is 2.05 bits per heavy atom. The average molecular weight is 340 g/mol. The summed E-state index contributed by atoms with van der Waals surface area (Å²) in [5, 5.41) is 4.38. The van der Waals surface area contributed by atoms with Gasteiger partial charge in [0.1, 0.15) is 5.82 Å². The lowest BCUT2D eigenvalue weighted by atomic mass is 9.98. The summed E-state index contributed by atoms with van der Waals surface area (Å²) in [5.41, 5.74) is 10.1. The van der Waals surface area contributed by atoms with Crippen molar-refractivity contribution in [2.75, 3.05) is 0 Å². The van der Waals surface area contributed by atoms with Crippen molar-refractivity contribution in [3.8, 4) is 0 Å². The Balaban J connectivity index is 2.13. The van der Waals surface area contributed by atoms with Crippen LogP contribution in [-0.2, 0) is 19.9 Å². The number of aryl methyl sites for hydroxylation is 2. The van der Waals surface area contributed by atoms with Gasteiger partial charge < -0.3 is 5.73 Å². The lowest BCUT2D eigenvalue weighted by Crippen LogP contribution is -2.26. The zero-order chi connectivity index (χ0) is 14.9. The van der Waals surface area contributed by atoms with Crippen LogP contribution in [0.4, 0.5) is 4.39 Å². The van der Waals surface area contributed by atoms with Gasteiger partial charge in [-0.05, 0) is 56.0 Å². The monoisotopic (exact) mass is 339 g/mol. The number of rotatable bonds is 4. The van der Waals surface area contributed by atoms with E-state index in [0.29, 0.717) is 18.4 Å². The van der Waals surface area contributed by atoms with Crippen LogP contribution in [-0.4, -0.2) is 15.8 Å². The minimum atomic E-state index is -0.205. The van der Waals surface area contributed by atoms with E-state index >= 15 is 0 Å². The van der Waals surface area contributed by atoms with Gasteiger partial charge in [0.05, 0.1) is 5.69 Å². The number of hydrogen-bond acceptors (Lipinski definition) is 2. The third kappa shape index (κ3) is 3.27. The zero-order valence-electron chi connectivity index (χ0n) is 12.0. The Labute approximate surface area is 127 Å². The summed E-state index contributed by atoms with van der Waals surface area (Å²) in [6, 6.07) is 4.82. The van der Waals surface area contributed by atoms with E-state index in [2.05, 4.69) is 21.0 Å². The second kappa shape index (κ2) is 6.06. The van der Waals surface area contributed by atoms with Crippen molar-refractivity contribution < 1.29 is 4.39 Å². The Kier molecular flexibility index (Phi) is 4.60. The third-order valence-corrected chi connectivity index (χ3v) is 4.11. The van der Waals surface area contributed by atoms with E-state index in [9.17, 15) is 4.39 Å². The molecule has 0 bridgehead atoms. The topological polar surface area (TPSA) is 43.8 Å². The molecule has 1 atom stereocenters. The standard InChI is InChI=1S/C15H19BrFN3/c1-9-14(10(2)20(3)19-9)8-13(18)7-11-6-12(16)4-5-15(11)17/h4-6,13H,7-8,18H2,1-3H3. The van der Waals surface area contributed by atoms with Crippen molar-refractivity contribution in [2.45, 2.75) is 32.7 Å². The van der Waals surface area contributed by atoms with Gasteiger partial charge in [-0.3, -0.25) is 4.68 Å². The SMILES string of the molecule is Cc1nn(C)c(C)c1CC(N)Cc1cc(Br)ccc1F. The average Bonchev–Trinajstić information content (AvgIpc) is 2.61. The molecule has 1 aromatic heterocycles. The molecule has 20 heavy (non-hydrogen) atoms. The van der Waals surface area contributed by atoms with Crippen LogP contribution < -0.4 is 5.73 Å². The largest absolute Gasteiger partial charge is 0.327 e. The van der Waals surface area contributed by atoms with Crippen LogP contribution >= 0.6 is 15.9 Å². The van der Waals surface area contributed by atoms with Crippen LogP contribution in [0.2, 0.25) is 0 Å². The molecular formula is C15H19BrFN3. The lowest BCUT2D eigenvalue weighted by Gasteiger charge is -2.13. The summed E-state index contributed by atoms with van der Waals surface area (Å²) < 4.78 is 16.5. The molecule has 0 radical (unpaired) electrons. The molecule has 0 fully saturated rings. The summed E-state index contributed by atoms with van der Waals surface area (Å²) in [6.07, 6.45) is 1.22. The molecule has 0 aliphatic heterocycles. The van der Waals surface area contributed by atoms with Crippen molar-refractivity contribution in [1.82, 2.24) is 9.78 Å². The Morgan fingerprint density at radius 3 is 2.65 bits per heavy atom. The van der Waals surface area contributed by atoms with Gasteiger partial charge in [-0.25, -0.2) is 4.39 Å². The maximum absolute atomic E-state index is 13.7. The first-order chi connectivity index (χ1) is 9.38. The number of halogens is 2. The Morgan fingerprint density at radius 1 is 1.35 bits per heavy atom. The maximum atomic E-state index is 13.7. The smallest absolute Gasteiger partial charge is 0.126 e. The fourth-order valence-corrected chi connectivity index (χ4v) is 2.84. The second-order valence-corrected chi connectivity index (χ2v) is 6.09. The quantitative estimate of drug-likeness (QED) is 0.930. The predicted molar refractivity (Wildman–Crippen MR) is 82.2 cm³/mol. The summed E-state index contributed by atoms with van der Waals surface area (Å²) in [7, 11) is 1.92. The molecule has 2 N–H and O–H groups in total. The van der Waals surface area contributed by atoms with Gasteiger partial charge in [-0.2, -0.15) is 5.10 Å². The van der Waals surface area contributed by atoms with E-state index in [1.165, 1.54) is 6.07 Å². The van der Waals surface area contributed by atoms with Crippen LogP contribution in [0.3, 0.4) is 0 Å². The van der Waals surface area contributed by atoms with E-state index in [4.69, 9.17) is 5.73 Å². The van der Waals surface area contributed by atoms with Crippen molar-refractivity contribution in [3.05, 3.63) is 51.0 Å². The first-order valence-corrected chi connectivity index (χ1v) is 7.36.